The van der Waals surface area contributed by atoms with Gasteiger partial charge in [-0.15, -0.1) is 0 Å². The van der Waals surface area contributed by atoms with E-state index in [0.717, 1.165) is 31.7 Å². The topological polar surface area (TPSA) is 26.7 Å². The molecule has 3 nitrogen and oxygen atoms in total. The normalized spacial score (nSPS) is 20.0. The molecule has 1 unspecified atom stereocenters. The largest absolute Gasteiger partial charge is 0.390 e. The number of nitrogens with zero attached hydrogens (tertiary/aromatic N) is 2. The number of aliphatic hydroxyl groups is 1. The second kappa shape index (κ2) is 7.88. The lowest BCUT2D eigenvalue weighted by Gasteiger charge is -2.22. The third kappa shape index (κ3) is 4.63. The van der Waals surface area contributed by atoms with E-state index in [-0.39, 0.29) is 11.9 Å². The van der Waals surface area contributed by atoms with Gasteiger partial charge in [-0.1, -0.05) is 42.5 Å². The van der Waals surface area contributed by atoms with Crippen LogP contribution >= 0.6 is 0 Å². The molecule has 0 aliphatic carbocycles. The number of hydrogen-bond acceptors (Lipinski definition) is 3. The Morgan fingerprint density at radius 3 is 2.21 bits per heavy atom. The summed E-state index contributed by atoms with van der Waals surface area (Å²) < 4.78 is 13.4. The van der Waals surface area contributed by atoms with Crippen LogP contribution in [0.15, 0.2) is 48.5 Å². The number of aliphatic hydroxyl groups excluding tert-OH is 1. The summed E-state index contributed by atoms with van der Waals surface area (Å²) in [5, 5.41) is 10.3. The van der Waals surface area contributed by atoms with Crippen LogP contribution in [0.4, 0.5) is 4.39 Å². The molecule has 0 aromatic heterocycles. The van der Waals surface area contributed by atoms with Gasteiger partial charge >= 0.3 is 0 Å². The molecular weight excluding hydrogens is 303 g/mol. The van der Waals surface area contributed by atoms with E-state index in [0.29, 0.717) is 18.7 Å². The van der Waals surface area contributed by atoms with Crippen LogP contribution < -0.4 is 0 Å². The molecule has 24 heavy (non-hydrogen) atoms. The SMILES string of the molecule is Cc1cc(CN2CCN(Cc3ccccc3)CC(O)C2)ccc1F. The lowest BCUT2D eigenvalue weighted by molar-refractivity contribution is 0.106. The Kier molecular flexibility index (Phi) is 5.61. The molecule has 0 bridgehead atoms. The average molecular weight is 328 g/mol. The summed E-state index contributed by atoms with van der Waals surface area (Å²) in [5.74, 6) is -0.163. The molecule has 0 saturated carbocycles. The Hall–Kier alpha value is -1.75. The first-order valence-corrected chi connectivity index (χ1v) is 8.52. The van der Waals surface area contributed by atoms with Crippen LogP contribution in [0.2, 0.25) is 0 Å². The maximum Gasteiger partial charge on any atom is 0.126 e. The third-order valence-electron chi connectivity index (χ3n) is 4.55. The Morgan fingerprint density at radius 2 is 1.58 bits per heavy atom. The summed E-state index contributed by atoms with van der Waals surface area (Å²) in [6.07, 6.45) is -0.363. The Balaban J connectivity index is 1.60. The number of aryl methyl sites for hydroxylation is 1. The molecule has 1 fully saturated rings. The highest BCUT2D eigenvalue weighted by Gasteiger charge is 2.21. The summed E-state index contributed by atoms with van der Waals surface area (Å²) in [5.41, 5.74) is 3.04. The van der Waals surface area contributed by atoms with Crippen molar-refractivity contribution in [3.8, 4) is 0 Å². The summed E-state index contributed by atoms with van der Waals surface area (Å²) in [7, 11) is 0. The van der Waals surface area contributed by atoms with Crippen molar-refractivity contribution in [2.45, 2.75) is 26.1 Å². The number of rotatable bonds is 4. The molecule has 0 radical (unpaired) electrons. The van der Waals surface area contributed by atoms with Crippen LogP contribution in [-0.2, 0) is 13.1 Å². The van der Waals surface area contributed by atoms with Crippen molar-refractivity contribution in [2.75, 3.05) is 26.2 Å². The van der Waals surface area contributed by atoms with Gasteiger partial charge in [-0.25, -0.2) is 4.39 Å². The van der Waals surface area contributed by atoms with Gasteiger partial charge < -0.3 is 5.11 Å². The van der Waals surface area contributed by atoms with Gasteiger partial charge in [0.2, 0.25) is 0 Å². The van der Waals surface area contributed by atoms with E-state index in [1.54, 1.807) is 6.92 Å². The minimum Gasteiger partial charge on any atom is -0.390 e. The van der Waals surface area contributed by atoms with Crippen molar-refractivity contribution in [3.05, 3.63) is 71.0 Å². The van der Waals surface area contributed by atoms with Crippen molar-refractivity contribution in [3.63, 3.8) is 0 Å². The molecule has 1 N–H and O–H groups in total. The monoisotopic (exact) mass is 328 g/mol. The maximum atomic E-state index is 13.4. The van der Waals surface area contributed by atoms with Gasteiger partial charge in [0.05, 0.1) is 6.10 Å². The van der Waals surface area contributed by atoms with Crippen LogP contribution in [0.3, 0.4) is 0 Å². The van der Waals surface area contributed by atoms with Gasteiger partial charge in [-0.2, -0.15) is 0 Å². The smallest absolute Gasteiger partial charge is 0.126 e. The molecule has 1 heterocycles. The van der Waals surface area contributed by atoms with E-state index in [9.17, 15) is 9.50 Å². The van der Waals surface area contributed by atoms with E-state index in [2.05, 4.69) is 21.9 Å². The molecule has 0 spiro atoms. The molecule has 1 aliphatic heterocycles. The Labute approximate surface area is 143 Å². The molecule has 0 amide bonds. The van der Waals surface area contributed by atoms with Crippen LogP contribution in [0, 0.1) is 12.7 Å². The fourth-order valence-corrected chi connectivity index (χ4v) is 3.31. The van der Waals surface area contributed by atoms with Gasteiger partial charge in [0, 0.05) is 39.3 Å². The van der Waals surface area contributed by atoms with Crippen molar-refractivity contribution in [1.29, 1.82) is 0 Å². The molecule has 1 saturated heterocycles. The summed E-state index contributed by atoms with van der Waals surface area (Å²) >= 11 is 0. The molecule has 4 heteroatoms. The fourth-order valence-electron chi connectivity index (χ4n) is 3.31. The summed E-state index contributed by atoms with van der Waals surface area (Å²) in [6, 6.07) is 15.6. The van der Waals surface area contributed by atoms with Crippen LogP contribution in [0.1, 0.15) is 16.7 Å². The predicted molar refractivity (Wildman–Crippen MR) is 94.1 cm³/mol. The highest BCUT2D eigenvalue weighted by Crippen LogP contribution is 2.14. The molecule has 1 atom stereocenters. The van der Waals surface area contributed by atoms with Crippen molar-refractivity contribution in [1.82, 2.24) is 9.80 Å². The third-order valence-corrected chi connectivity index (χ3v) is 4.55. The quantitative estimate of drug-likeness (QED) is 0.935. The first-order valence-electron chi connectivity index (χ1n) is 8.52. The second-order valence-corrected chi connectivity index (χ2v) is 6.69. The molecular formula is C20H25FN2O. The van der Waals surface area contributed by atoms with E-state index in [4.69, 9.17) is 0 Å². The highest BCUT2D eigenvalue weighted by atomic mass is 19.1. The average Bonchev–Trinajstić information content (AvgIpc) is 2.73. The highest BCUT2D eigenvalue weighted by molar-refractivity contribution is 5.24. The first-order chi connectivity index (χ1) is 11.6. The number of halogens is 1. The first kappa shape index (κ1) is 17.1. The summed E-state index contributed by atoms with van der Waals surface area (Å²) in [4.78, 5) is 4.55. The van der Waals surface area contributed by atoms with Gasteiger partial charge in [0.15, 0.2) is 0 Å². The zero-order valence-corrected chi connectivity index (χ0v) is 14.2. The van der Waals surface area contributed by atoms with E-state index < -0.39 is 0 Å². The van der Waals surface area contributed by atoms with Crippen molar-refractivity contribution >= 4 is 0 Å². The molecule has 2 aromatic carbocycles. The maximum absolute atomic E-state index is 13.4. The van der Waals surface area contributed by atoms with Gasteiger partial charge in [-0.05, 0) is 29.7 Å². The van der Waals surface area contributed by atoms with Crippen LogP contribution in [-0.4, -0.2) is 47.2 Å². The zero-order valence-electron chi connectivity index (χ0n) is 14.2. The number of benzene rings is 2. The van der Waals surface area contributed by atoms with E-state index in [1.807, 2.05) is 30.3 Å². The molecule has 2 aromatic rings. The number of β-amino-alcohol motifs (C(OH)–C–C–N with tert-alkyl or cyclic N) is 1. The lowest BCUT2D eigenvalue weighted by atomic mass is 10.1. The zero-order chi connectivity index (χ0) is 16.9. The second-order valence-electron chi connectivity index (χ2n) is 6.69. The van der Waals surface area contributed by atoms with Crippen molar-refractivity contribution < 1.29 is 9.50 Å². The lowest BCUT2D eigenvalue weighted by Crippen LogP contribution is -2.33. The molecule has 128 valence electrons. The number of hydrogen-bond donors (Lipinski definition) is 1. The van der Waals surface area contributed by atoms with Gasteiger partial charge in [-0.3, -0.25) is 9.80 Å². The molecule has 1 aliphatic rings. The van der Waals surface area contributed by atoms with E-state index >= 15 is 0 Å². The fraction of sp³-hybridized carbons (Fsp3) is 0.400. The van der Waals surface area contributed by atoms with Crippen LogP contribution in [0.5, 0.6) is 0 Å². The Morgan fingerprint density at radius 1 is 0.958 bits per heavy atom. The predicted octanol–water partition coefficient (Wildman–Crippen LogP) is 2.81. The molecule has 3 rings (SSSR count). The van der Waals surface area contributed by atoms with Gasteiger partial charge in [0.1, 0.15) is 5.82 Å². The van der Waals surface area contributed by atoms with E-state index in [1.165, 1.54) is 11.6 Å². The van der Waals surface area contributed by atoms with Crippen LogP contribution in [0.25, 0.3) is 0 Å². The van der Waals surface area contributed by atoms with Crippen molar-refractivity contribution in [2.24, 2.45) is 0 Å². The van der Waals surface area contributed by atoms with Gasteiger partial charge in [0.25, 0.3) is 0 Å². The summed E-state index contributed by atoms with van der Waals surface area (Å²) in [6.45, 7) is 6.57. The minimum absolute atomic E-state index is 0.163. The standard InChI is InChI=1S/C20H25FN2O/c1-16-11-18(7-8-20(16)21)13-23-10-9-22(14-19(24)15-23)12-17-5-3-2-4-6-17/h2-8,11,19,24H,9-10,12-15H2,1H3. The Bertz CT molecular complexity index is 662. The minimum atomic E-state index is -0.363.